The van der Waals surface area contributed by atoms with E-state index in [0.717, 1.165) is 10.1 Å². The number of carbonyl (C=O) groups excluding carboxylic acids is 1. The van der Waals surface area contributed by atoms with Crippen molar-refractivity contribution in [1.82, 2.24) is 9.56 Å². The molecule has 158 valence electrons. The highest BCUT2D eigenvalue weighted by molar-refractivity contribution is 6.37. The average molecular weight is 458 g/mol. The Kier molecular flexibility index (Phi) is 5.71. The van der Waals surface area contributed by atoms with Crippen molar-refractivity contribution in [2.75, 3.05) is 5.32 Å². The van der Waals surface area contributed by atoms with Gasteiger partial charge in [0.1, 0.15) is 18.1 Å². The number of aromatic nitrogens is 2. The first-order valence-electron chi connectivity index (χ1n) is 9.29. The van der Waals surface area contributed by atoms with Crippen LogP contribution in [0.15, 0.2) is 57.8 Å². The van der Waals surface area contributed by atoms with E-state index in [1.54, 1.807) is 37.3 Å². The van der Waals surface area contributed by atoms with Gasteiger partial charge in [-0.25, -0.2) is 4.98 Å². The van der Waals surface area contributed by atoms with Gasteiger partial charge in [0.05, 0.1) is 16.3 Å². The van der Waals surface area contributed by atoms with Gasteiger partial charge in [0.25, 0.3) is 11.5 Å². The van der Waals surface area contributed by atoms with E-state index in [9.17, 15) is 9.59 Å². The Bertz CT molecular complexity index is 1360. The second kappa shape index (κ2) is 8.45. The zero-order chi connectivity index (χ0) is 22.1. The van der Waals surface area contributed by atoms with E-state index in [1.165, 1.54) is 12.1 Å². The zero-order valence-corrected chi connectivity index (χ0v) is 18.1. The van der Waals surface area contributed by atoms with Gasteiger partial charge in [0.2, 0.25) is 0 Å². The summed E-state index contributed by atoms with van der Waals surface area (Å²) in [5.41, 5.74) is 2.26. The van der Waals surface area contributed by atoms with Crippen LogP contribution in [0.1, 0.15) is 27.4 Å². The third-order valence-electron chi connectivity index (χ3n) is 4.52. The molecule has 0 fully saturated rings. The minimum atomic E-state index is -0.369. The lowest BCUT2D eigenvalue weighted by Crippen LogP contribution is -2.14. The first-order chi connectivity index (χ1) is 14.8. The summed E-state index contributed by atoms with van der Waals surface area (Å²) in [6, 6.07) is 13.0. The lowest BCUT2D eigenvalue weighted by molar-refractivity contribution is 0.102. The molecule has 4 aromatic rings. The number of amides is 1. The molecule has 2 aromatic carbocycles. The molecule has 0 spiro atoms. The van der Waals surface area contributed by atoms with E-state index in [4.69, 9.17) is 32.5 Å². The fourth-order valence-electron chi connectivity index (χ4n) is 3.00. The lowest BCUT2D eigenvalue weighted by atomic mass is 10.1. The number of benzene rings is 2. The van der Waals surface area contributed by atoms with Crippen molar-refractivity contribution in [3.8, 4) is 5.75 Å². The van der Waals surface area contributed by atoms with Crippen molar-refractivity contribution < 1.29 is 14.1 Å². The standard InChI is InChI=1S/C22H17Cl2N3O4/c1-12-3-5-15(26-22(29)17-6-4-14(23)8-18(17)24)9-19(12)30-11-16-10-21(28)27-20(25-16)7-13(2)31-27/h3-10H,11H2,1-2H3,(H,26,29). The maximum atomic E-state index is 12.6. The molecule has 4 rings (SSSR count). The first-order valence-corrected chi connectivity index (χ1v) is 10.1. The fraction of sp³-hybridized carbons (Fsp3) is 0.136. The van der Waals surface area contributed by atoms with Crippen molar-refractivity contribution in [2.45, 2.75) is 20.5 Å². The van der Waals surface area contributed by atoms with Gasteiger partial charge in [0, 0.05) is 28.9 Å². The molecule has 0 saturated heterocycles. The molecule has 0 aliphatic heterocycles. The monoisotopic (exact) mass is 457 g/mol. The fourth-order valence-corrected chi connectivity index (χ4v) is 3.50. The Balaban J connectivity index is 1.51. The van der Waals surface area contributed by atoms with Crippen LogP contribution < -0.4 is 15.6 Å². The number of nitrogens with zero attached hydrogens (tertiary/aromatic N) is 2. The average Bonchev–Trinajstić information content (AvgIpc) is 3.09. The molecule has 2 aromatic heterocycles. The van der Waals surface area contributed by atoms with Gasteiger partial charge in [-0.2, -0.15) is 0 Å². The Morgan fingerprint density at radius 2 is 1.94 bits per heavy atom. The van der Waals surface area contributed by atoms with E-state index >= 15 is 0 Å². The topological polar surface area (TPSA) is 85.8 Å². The minimum absolute atomic E-state index is 0.0806. The van der Waals surface area contributed by atoms with Crippen LogP contribution in [0.2, 0.25) is 10.0 Å². The summed E-state index contributed by atoms with van der Waals surface area (Å²) in [5.74, 6) is 0.764. The van der Waals surface area contributed by atoms with E-state index in [2.05, 4.69) is 10.3 Å². The number of nitrogens with one attached hydrogen (secondary N) is 1. The number of carbonyl (C=O) groups is 1. The Morgan fingerprint density at radius 1 is 1.13 bits per heavy atom. The van der Waals surface area contributed by atoms with Crippen LogP contribution in [0, 0.1) is 13.8 Å². The number of aryl methyl sites for hydroxylation is 2. The van der Waals surface area contributed by atoms with Crippen LogP contribution >= 0.6 is 23.2 Å². The second-order valence-corrected chi connectivity index (χ2v) is 7.78. The summed E-state index contributed by atoms with van der Waals surface area (Å²) in [6.45, 7) is 3.70. The van der Waals surface area contributed by atoms with E-state index in [1.807, 2.05) is 13.0 Å². The molecule has 0 radical (unpaired) electrons. The highest BCUT2D eigenvalue weighted by Crippen LogP contribution is 2.26. The molecular formula is C22H17Cl2N3O4. The predicted octanol–water partition coefficient (Wildman–Crippen LogP) is 5.04. The smallest absolute Gasteiger partial charge is 0.287 e. The Morgan fingerprint density at radius 3 is 2.71 bits per heavy atom. The molecule has 7 nitrogen and oxygen atoms in total. The number of hydrogen-bond donors (Lipinski definition) is 1. The molecule has 1 amide bonds. The van der Waals surface area contributed by atoms with Gasteiger partial charge >= 0.3 is 0 Å². The van der Waals surface area contributed by atoms with Crippen LogP contribution in [0.5, 0.6) is 5.75 Å². The highest BCUT2D eigenvalue weighted by Gasteiger charge is 2.13. The molecule has 0 saturated carbocycles. The molecule has 2 heterocycles. The van der Waals surface area contributed by atoms with Crippen molar-refractivity contribution >= 4 is 40.4 Å². The summed E-state index contributed by atoms with van der Waals surface area (Å²) in [6.07, 6.45) is 0. The molecular weight excluding hydrogens is 441 g/mol. The van der Waals surface area contributed by atoms with E-state index in [0.29, 0.717) is 39.1 Å². The number of fused-ring (bicyclic) bond motifs is 1. The van der Waals surface area contributed by atoms with Crippen molar-refractivity contribution in [3.05, 3.63) is 91.5 Å². The summed E-state index contributed by atoms with van der Waals surface area (Å²) in [5, 5.41) is 3.50. The molecule has 0 bridgehead atoms. The summed E-state index contributed by atoms with van der Waals surface area (Å²) < 4.78 is 12.3. The molecule has 31 heavy (non-hydrogen) atoms. The van der Waals surface area contributed by atoms with Crippen LogP contribution in [0.3, 0.4) is 0 Å². The van der Waals surface area contributed by atoms with Crippen LogP contribution in [-0.2, 0) is 6.61 Å². The molecule has 0 atom stereocenters. The van der Waals surface area contributed by atoms with Gasteiger partial charge in [0.15, 0.2) is 5.65 Å². The number of ether oxygens (including phenoxy) is 1. The molecule has 9 heteroatoms. The second-order valence-electron chi connectivity index (χ2n) is 6.93. The molecule has 0 aliphatic carbocycles. The van der Waals surface area contributed by atoms with Crippen molar-refractivity contribution in [2.24, 2.45) is 0 Å². The maximum absolute atomic E-state index is 12.6. The summed E-state index contributed by atoms with van der Waals surface area (Å²) in [4.78, 5) is 29.1. The van der Waals surface area contributed by atoms with Gasteiger partial charge < -0.3 is 14.6 Å². The number of halogens is 2. The molecule has 1 N–H and O–H groups in total. The molecule has 0 aliphatic rings. The molecule has 0 unspecified atom stereocenters. The van der Waals surface area contributed by atoms with Gasteiger partial charge in [-0.1, -0.05) is 29.3 Å². The normalized spacial score (nSPS) is 11.0. The van der Waals surface area contributed by atoms with Crippen molar-refractivity contribution in [1.29, 1.82) is 0 Å². The predicted molar refractivity (Wildman–Crippen MR) is 118 cm³/mol. The van der Waals surface area contributed by atoms with E-state index in [-0.39, 0.29) is 23.1 Å². The largest absolute Gasteiger partial charge is 0.487 e. The number of hydrogen-bond acceptors (Lipinski definition) is 5. The van der Waals surface area contributed by atoms with Gasteiger partial charge in [-0.3, -0.25) is 9.59 Å². The maximum Gasteiger partial charge on any atom is 0.287 e. The Labute approximate surface area is 187 Å². The van der Waals surface area contributed by atoms with Crippen LogP contribution in [0.4, 0.5) is 5.69 Å². The summed E-state index contributed by atoms with van der Waals surface area (Å²) in [7, 11) is 0. The van der Waals surface area contributed by atoms with Gasteiger partial charge in [-0.15, -0.1) is 4.57 Å². The SMILES string of the molecule is Cc1cc2nc(COc3cc(NC(=O)c4ccc(Cl)cc4Cl)ccc3C)cc(=O)n2o1. The number of rotatable bonds is 5. The van der Waals surface area contributed by atoms with Crippen LogP contribution in [-0.4, -0.2) is 15.5 Å². The third-order valence-corrected chi connectivity index (χ3v) is 5.07. The highest BCUT2D eigenvalue weighted by atomic mass is 35.5. The number of anilines is 1. The quantitative estimate of drug-likeness (QED) is 0.453. The first kappa shape index (κ1) is 21.0. The van der Waals surface area contributed by atoms with Gasteiger partial charge in [-0.05, 0) is 43.7 Å². The Hall–Kier alpha value is -3.29. The van der Waals surface area contributed by atoms with Crippen LogP contribution in [0.25, 0.3) is 5.65 Å². The van der Waals surface area contributed by atoms with E-state index < -0.39 is 0 Å². The lowest BCUT2D eigenvalue weighted by Gasteiger charge is -2.12. The zero-order valence-electron chi connectivity index (χ0n) is 16.6. The minimum Gasteiger partial charge on any atom is -0.487 e. The van der Waals surface area contributed by atoms with Crippen molar-refractivity contribution in [3.63, 3.8) is 0 Å². The third kappa shape index (κ3) is 4.57. The summed E-state index contributed by atoms with van der Waals surface area (Å²) >= 11 is 12.0.